The molecule has 0 saturated heterocycles. The van der Waals surface area contributed by atoms with Crippen molar-refractivity contribution >= 4 is 35.2 Å². The molecule has 316 valence electrons. The molecule has 1 amide bonds. The molecule has 0 bridgehead atoms. The van der Waals surface area contributed by atoms with Crippen molar-refractivity contribution in [3.05, 3.63) is 40.2 Å². The topological polar surface area (TPSA) is 160 Å². The molecule has 4 N–H and O–H groups in total. The Kier molecular flexibility index (Phi) is 11.5. The van der Waals surface area contributed by atoms with Crippen LogP contribution in [0, 0.1) is 56.2 Å². The number of nitrogens with two attached hydrogens (primary N) is 1. The quantitative estimate of drug-likeness (QED) is 0.187. The normalized spacial score (nSPS) is 35.7. The second-order valence-corrected chi connectivity index (χ2v) is 21.3. The molecule has 10 unspecified atom stereocenters. The SMILES string of the molecule is CC(C)C1=C2C3CCC4C5(C)CCC(OC(=O)CC(C)(C)C(=O)O)C(C)(C)C5CCC4(C)C3(C)CCC2(C(O)CN(C(=O)CN)C(C)c2ccc(Cl)cn2)CC1=O. The molecule has 1 heterocycles. The number of rotatable bonds is 11. The van der Waals surface area contributed by atoms with Crippen LogP contribution in [0.5, 0.6) is 0 Å². The molecule has 0 aromatic carbocycles. The summed E-state index contributed by atoms with van der Waals surface area (Å²) in [5.74, 6) is -0.783. The first-order valence-electron chi connectivity index (χ1n) is 21.4. The maximum Gasteiger partial charge on any atom is 0.309 e. The zero-order valence-electron chi connectivity index (χ0n) is 36.0. The Labute approximate surface area is 345 Å². The van der Waals surface area contributed by atoms with Gasteiger partial charge in [0.15, 0.2) is 5.78 Å². The van der Waals surface area contributed by atoms with Crippen LogP contribution in [0.1, 0.15) is 145 Å². The minimum Gasteiger partial charge on any atom is -0.481 e. The Morgan fingerprint density at radius 1 is 0.982 bits per heavy atom. The molecular weight excluding hydrogens is 742 g/mol. The number of halogens is 1. The van der Waals surface area contributed by atoms with Crippen LogP contribution >= 0.6 is 11.6 Å². The standard InChI is InChI=1S/C46H68ClN3O7/c1-26(2)38-31(51)21-46(34(52)25-50(36(53)23-48)27(3)30-13-11-28(47)24-49-30)20-19-44(9)29(39(38)46)12-14-33-43(8)17-16-35(57-37(54)22-41(4,5)40(55)56)42(6,7)32(43)15-18-45(33,44)10/h11,13,24,26-27,29,32-35,52H,12,14-23,25,48H2,1-10H3,(H,55,56). The molecule has 0 spiro atoms. The smallest absolute Gasteiger partial charge is 0.309 e. The van der Waals surface area contributed by atoms with Gasteiger partial charge in [0.2, 0.25) is 5.91 Å². The average Bonchev–Trinajstić information content (AvgIpc) is 3.44. The highest BCUT2D eigenvalue weighted by molar-refractivity contribution is 6.30. The summed E-state index contributed by atoms with van der Waals surface area (Å²) in [6.45, 7) is 21.0. The fourth-order valence-corrected chi connectivity index (χ4v) is 13.8. The van der Waals surface area contributed by atoms with E-state index in [1.54, 1.807) is 37.1 Å². The number of ether oxygens (including phenoxy) is 1. The van der Waals surface area contributed by atoms with E-state index in [2.05, 4.69) is 53.5 Å². The van der Waals surface area contributed by atoms with Crippen molar-refractivity contribution in [3.63, 3.8) is 0 Å². The zero-order chi connectivity index (χ0) is 42.3. The first-order valence-corrected chi connectivity index (χ1v) is 21.8. The molecule has 1 aromatic rings. The van der Waals surface area contributed by atoms with Crippen molar-refractivity contribution in [2.24, 2.45) is 61.9 Å². The number of carbonyl (C=O) groups is 4. The number of carboxylic acid groups (broad SMARTS) is 1. The third-order valence-corrected chi connectivity index (χ3v) is 17.2. The third kappa shape index (κ3) is 6.89. The summed E-state index contributed by atoms with van der Waals surface area (Å²) in [6.07, 6.45) is 7.51. The summed E-state index contributed by atoms with van der Waals surface area (Å²) in [4.78, 5) is 58.8. The monoisotopic (exact) mass is 809 g/mol. The summed E-state index contributed by atoms with van der Waals surface area (Å²) in [7, 11) is 0. The highest BCUT2D eigenvalue weighted by atomic mass is 35.5. The van der Waals surface area contributed by atoms with Crippen LogP contribution in [0.15, 0.2) is 29.5 Å². The van der Waals surface area contributed by atoms with Gasteiger partial charge in [0, 0.05) is 30.0 Å². The van der Waals surface area contributed by atoms with Crippen molar-refractivity contribution in [3.8, 4) is 0 Å². The number of allylic oxidation sites excluding steroid dienone is 1. The van der Waals surface area contributed by atoms with E-state index >= 15 is 0 Å². The summed E-state index contributed by atoms with van der Waals surface area (Å²) in [6, 6.07) is 3.07. The van der Waals surface area contributed by atoms with Gasteiger partial charge in [0.1, 0.15) is 6.10 Å². The number of ketones is 1. The predicted molar refractivity (Wildman–Crippen MR) is 220 cm³/mol. The first kappa shape index (κ1) is 43.8. The van der Waals surface area contributed by atoms with Gasteiger partial charge in [0.25, 0.3) is 0 Å². The Bertz CT molecular complexity index is 1810. The zero-order valence-corrected chi connectivity index (χ0v) is 36.8. The number of hydrogen-bond acceptors (Lipinski definition) is 8. The summed E-state index contributed by atoms with van der Waals surface area (Å²) >= 11 is 6.13. The van der Waals surface area contributed by atoms with E-state index in [0.29, 0.717) is 29.0 Å². The van der Waals surface area contributed by atoms with Gasteiger partial charge in [-0.15, -0.1) is 0 Å². The highest BCUT2D eigenvalue weighted by Crippen LogP contribution is 2.77. The van der Waals surface area contributed by atoms with Gasteiger partial charge in [-0.1, -0.05) is 65.6 Å². The van der Waals surface area contributed by atoms with Crippen LogP contribution < -0.4 is 5.73 Å². The third-order valence-electron chi connectivity index (χ3n) is 17.0. The molecule has 10 nitrogen and oxygen atoms in total. The Balaban J connectivity index is 1.31. The molecular formula is C46H68ClN3O7. The van der Waals surface area contributed by atoms with E-state index < -0.39 is 34.9 Å². The Morgan fingerprint density at radius 3 is 2.26 bits per heavy atom. The van der Waals surface area contributed by atoms with Gasteiger partial charge in [-0.3, -0.25) is 24.2 Å². The van der Waals surface area contributed by atoms with Crippen molar-refractivity contribution < 1.29 is 34.1 Å². The van der Waals surface area contributed by atoms with E-state index in [0.717, 1.165) is 56.1 Å². The van der Waals surface area contributed by atoms with Crippen LogP contribution in [-0.4, -0.2) is 69.0 Å². The molecule has 10 atom stereocenters. The Morgan fingerprint density at radius 2 is 1.67 bits per heavy atom. The first-order chi connectivity index (χ1) is 26.4. The fourth-order valence-electron chi connectivity index (χ4n) is 13.7. The van der Waals surface area contributed by atoms with Gasteiger partial charge >= 0.3 is 11.9 Å². The fraction of sp³-hybridized carbons (Fsp3) is 0.761. The van der Waals surface area contributed by atoms with E-state index in [-0.39, 0.29) is 77.2 Å². The maximum absolute atomic E-state index is 14.3. The van der Waals surface area contributed by atoms with E-state index in [1.807, 2.05) is 6.92 Å². The number of pyridine rings is 1. The van der Waals surface area contributed by atoms with Crippen LogP contribution in [0.25, 0.3) is 0 Å². The number of carbonyl (C=O) groups excluding carboxylic acids is 3. The number of aliphatic carboxylic acids is 1. The molecule has 1 aromatic heterocycles. The van der Waals surface area contributed by atoms with E-state index in [1.165, 1.54) is 0 Å². The second-order valence-electron chi connectivity index (χ2n) is 20.9. The van der Waals surface area contributed by atoms with E-state index in [4.69, 9.17) is 22.1 Å². The molecule has 57 heavy (non-hydrogen) atoms. The molecule has 6 rings (SSSR count). The number of aliphatic hydroxyl groups is 1. The largest absolute Gasteiger partial charge is 0.481 e. The minimum absolute atomic E-state index is 0.00142. The lowest BCUT2D eigenvalue weighted by atomic mass is 9.33. The number of Topliss-reactive ketones (excluding diaryl/α,β-unsaturated/α-hetero) is 1. The molecule has 0 aliphatic heterocycles. The van der Waals surface area contributed by atoms with Crippen molar-refractivity contribution in [2.45, 2.75) is 152 Å². The predicted octanol–water partition coefficient (Wildman–Crippen LogP) is 8.34. The lowest BCUT2D eigenvalue weighted by Gasteiger charge is -2.72. The number of aromatic nitrogens is 1. The van der Waals surface area contributed by atoms with Crippen molar-refractivity contribution in [2.75, 3.05) is 13.1 Å². The van der Waals surface area contributed by atoms with Crippen LogP contribution in [0.4, 0.5) is 0 Å². The van der Waals surface area contributed by atoms with Gasteiger partial charge in [-0.05, 0) is 130 Å². The summed E-state index contributed by atoms with van der Waals surface area (Å²) in [5, 5.41) is 22.7. The van der Waals surface area contributed by atoms with Crippen LogP contribution in [0.2, 0.25) is 5.02 Å². The van der Waals surface area contributed by atoms with Crippen LogP contribution in [-0.2, 0) is 23.9 Å². The number of carboxylic acids is 1. The number of aliphatic hydroxyl groups excluding tert-OH is 1. The molecule has 4 saturated carbocycles. The number of esters is 1. The molecule has 5 aliphatic carbocycles. The van der Waals surface area contributed by atoms with E-state index in [9.17, 15) is 29.4 Å². The Hall–Kier alpha value is -2.82. The van der Waals surface area contributed by atoms with Gasteiger partial charge in [-0.25, -0.2) is 0 Å². The lowest BCUT2D eigenvalue weighted by Crippen LogP contribution is -2.66. The molecule has 0 radical (unpaired) electrons. The van der Waals surface area contributed by atoms with Crippen molar-refractivity contribution in [1.82, 2.24) is 9.88 Å². The second kappa shape index (κ2) is 15.0. The molecule has 11 heteroatoms. The van der Waals surface area contributed by atoms with Gasteiger partial charge in [0.05, 0.1) is 41.2 Å². The lowest BCUT2D eigenvalue weighted by molar-refractivity contribution is -0.235. The van der Waals surface area contributed by atoms with Gasteiger partial charge < -0.3 is 25.6 Å². The molecule has 4 fully saturated rings. The summed E-state index contributed by atoms with van der Waals surface area (Å²) in [5.41, 5.74) is 6.20. The average molecular weight is 811 g/mol. The number of hydrogen-bond donors (Lipinski definition) is 3. The molecule has 5 aliphatic rings. The summed E-state index contributed by atoms with van der Waals surface area (Å²) < 4.78 is 6.17. The highest BCUT2D eigenvalue weighted by Gasteiger charge is 2.71. The minimum atomic E-state index is -1.19. The number of fused-ring (bicyclic) bond motifs is 7. The maximum atomic E-state index is 14.3. The number of amides is 1. The van der Waals surface area contributed by atoms with Crippen LogP contribution in [0.3, 0.4) is 0 Å². The number of nitrogens with zero attached hydrogens (tertiary/aromatic N) is 2. The van der Waals surface area contributed by atoms with Crippen molar-refractivity contribution in [1.29, 1.82) is 0 Å². The van der Waals surface area contributed by atoms with Gasteiger partial charge in [-0.2, -0.15) is 0 Å².